The number of amides is 1. The van der Waals surface area contributed by atoms with Gasteiger partial charge in [-0.05, 0) is 44.5 Å². The number of aromatic nitrogens is 1. The van der Waals surface area contributed by atoms with Gasteiger partial charge in [0.1, 0.15) is 5.76 Å². The fraction of sp³-hybridized carbons (Fsp3) is 0.389. The van der Waals surface area contributed by atoms with Crippen LogP contribution >= 0.6 is 0 Å². The maximum Gasteiger partial charge on any atom is 0.228 e. The van der Waals surface area contributed by atoms with Crippen LogP contribution in [-0.2, 0) is 11.3 Å². The van der Waals surface area contributed by atoms with Crippen molar-refractivity contribution in [2.24, 2.45) is 5.92 Å². The molecule has 1 saturated heterocycles. The third-order valence-electron chi connectivity index (χ3n) is 4.37. The summed E-state index contributed by atoms with van der Waals surface area (Å²) in [5.74, 6) is 1.14. The van der Waals surface area contributed by atoms with Crippen molar-refractivity contribution in [2.75, 3.05) is 18.4 Å². The van der Waals surface area contributed by atoms with Gasteiger partial charge >= 0.3 is 0 Å². The van der Waals surface area contributed by atoms with Crippen LogP contribution in [0.15, 0.2) is 34.9 Å². The summed E-state index contributed by atoms with van der Waals surface area (Å²) in [5, 5.41) is 15.8. The van der Waals surface area contributed by atoms with E-state index in [9.17, 15) is 4.79 Å². The van der Waals surface area contributed by atoms with Crippen LogP contribution in [0.2, 0.25) is 0 Å². The summed E-state index contributed by atoms with van der Waals surface area (Å²) in [7, 11) is 0. The molecule has 0 saturated carbocycles. The van der Waals surface area contributed by atoms with E-state index in [-0.39, 0.29) is 11.8 Å². The van der Waals surface area contributed by atoms with Crippen molar-refractivity contribution in [3.8, 4) is 6.07 Å². The Morgan fingerprint density at radius 2 is 2.17 bits per heavy atom. The van der Waals surface area contributed by atoms with E-state index in [2.05, 4.69) is 21.4 Å². The minimum Gasteiger partial charge on any atom is -0.360 e. The smallest absolute Gasteiger partial charge is 0.228 e. The first-order chi connectivity index (χ1) is 11.7. The lowest BCUT2D eigenvalue weighted by Gasteiger charge is -2.31. The number of carbonyl (C=O) groups excluding carboxylic acids is 1. The molecular formula is C18H20N4O2. The molecule has 1 N–H and O–H groups in total. The molecule has 1 aromatic carbocycles. The summed E-state index contributed by atoms with van der Waals surface area (Å²) in [6.07, 6.45) is 1.61. The molecule has 0 atom stereocenters. The van der Waals surface area contributed by atoms with Crippen molar-refractivity contribution in [1.82, 2.24) is 10.1 Å². The number of rotatable bonds is 4. The van der Waals surface area contributed by atoms with E-state index in [1.807, 2.05) is 24.3 Å². The molecule has 2 heterocycles. The highest BCUT2D eigenvalue weighted by atomic mass is 16.5. The minimum atomic E-state index is -0.00975. The molecule has 1 fully saturated rings. The van der Waals surface area contributed by atoms with E-state index < -0.39 is 0 Å². The van der Waals surface area contributed by atoms with Crippen LogP contribution in [0.1, 0.15) is 29.7 Å². The normalized spacial score (nSPS) is 15.8. The SMILES string of the molecule is Cc1cc(NC(=O)C2CCN(Cc3ccccc3C#N)CC2)no1. The number of likely N-dealkylation sites (tertiary alicyclic amines) is 1. The van der Waals surface area contributed by atoms with Crippen LogP contribution < -0.4 is 5.32 Å². The van der Waals surface area contributed by atoms with Crippen LogP contribution in [0.4, 0.5) is 5.82 Å². The quantitative estimate of drug-likeness (QED) is 0.935. The van der Waals surface area contributed by atoms with Crippen molar-refractivity contribution in [2.45, 2.75) is 26.3 Å². The van der Waals surface area contributed by atoms with Gasteiger partial charge < -0.3 is 9.84 Å². The van der Waals surface area contributed by atoms with Gasteiger partial charge in [-0.2, -0.15) is 5.26 Å². The van der Waals surface area contributed by atoms with E-state index >= 15 is 0 Å². The molecule has 6 nitrogen and oxygen atoms in total. The lowest BCUT2D eigenvalue weighted by Crippen LogP contribution is -2.37. The number of piperidine rings is 1. The lowest BCUT2D eigenvalue weighted by molar-refractivity contribution is -0.121. The number of aryl methyl sites for hydroxylation is 1. The summed E-state index contributed by atoms with van der Waals surface area (Å²) >= 11 is 0. The Balaban J connectivity index is 1.52. The van der Waals surface area contributed by atoms with E-state index in [1.165, 1.54) is 0 Å². The zero-order valence-electron chi connectivity index (χ0n) is 13.7. The fourth-order valence-electron chi connectivity index (χ4n) is 3.02. The Hall–Kier alpha value is -2.65. The van der Waals surface area contributed by atoms with Gasteiger partial charge in [0, 0.05) is 18.5 Å². The number of nitriles is 1. The highest BCUT2D eigenvalue weighted by Crippen LogP contribution is 2.21. The van der Waals surface area contributed by atoms with Crippen molar-refractivity contribution in [3.05, 3.63) is 47.2 Å². The van der Waals surface area contributed by atoms with E-state index in [0.29, 0.717) is 11.6 Å². The van der Waals surface area contributed by atoms with Gasteiger partial charge in [-0.1, -0.05) is 23.4 Å². The average molecular weight is 324 g/mol. The van der Waals surface area contributed by atoms with Crippen molar-refractivity contribution < 1.29 is 9.32 Å². The molecule has 1 aromatic heterocycles. The van der Waals surface area contributed by atoms with Gasteiger partial charge in [0.25, 0.3) is 0 Å². The Kier molecular flexibility index (Phi) is 4.92. The Morgan fingerprint density at radius 3 is 2.83 bits per heavy atom. The van der Waals surface area contributed by atoms with Crippen LogP contribution in [0.3, 0.4) is 0 Å². The first-order valence-electron chi connectivity index (χ1n) is 8.10. The maximum atomic E-state index is 12.3. The number of hydrogen-bond acceptors (Lipinski definition) is 5. The molecule has 0 radical (unpaired) electrons. The highest BCUT2D eigenvalue weighted by Gasteiger charge is 2.25. The van der Waals surface area contributed by atoms with Crippen LogP contribution in [0, 0.1) is 24.2 Å². The van der Waals surface area contributed by atoms with Crippen molar-refractivity contribution in [3.63, 3.8) is 0 Å². The summed E-state index contributed by atoms with van der Waals surface area (Å²) in [5.41, 5.74) is 1.76. The van der Waals surface area contributed by atoms with E-state index in [0.717, 1.165) is 43.6 Å². The predicted molar refractivity (Wildman–Crippen MR) is 89.0 cm³/mol. The molecule has 1 aliphatic heterocycles. The van der Waals surface area contributed by atoms with Gasteiger partial charge in [0.05, 0.1) is 11.6 Å². The molecule has 124 valence electrons. The number of carbonyl (C=O) groups is 1. The molecule has 0 spiro atoms. The standard InChI is InChI=1S/C18H20N4O2/c1-13-10-17(21-24-13)20-18(23)14-6-8-22(9-7-14)12-16-5-3-2-4-15(16)11-19/h2-5,10,14H,6-9,12H2,1H3,(H,20,21,23). The monoisotopic (exact) mass is 324 g/mol. The Morgan fingerprint density at radius 1 is 1.42 bits per heavy atom. The third-order valence-corrected chi connectivity index (χ3v) is 4.37. The first kappa shape index (κ1) is 16.2. The number of benzene rings is 1. The second-order valence-corrected chi connectivity index (χ2v) is 6.13. The largest absolute Gasteiger partial charge is 0.360 e. The van der Waals surface area contributed by atoms with Gasteiger partial charge in [-0.15, -0.1) is 0 Å². The lowest BCUT2D eigenvalue weighted by atomic mass is 9.95. The van der Waals surface area contributed by atoms with Crippen molar-refractivity contribution >= 4 is 11.7 Å². The number of hydrogen-bond donors (Lipinski definition) is 1. The van der Waals surface area contributed by atoms with E-state index in [1.54, 1.807) is 13.0 Å². The highest BCUT2D eigenvalue weighted by molar-refractivity contribution is 5.91. The topological polar surface area (TPSA) is 82.2 Å². The van der Waals surface area contributed by atoms with Gasteiger partial charge in [-0.25, -0.2) is 0 Å². The molecule has 1 amide bonds. The average Bonchev–Trinajstić information content (AvgIpc) is 3.01. The zero-order valence-corrected chi connectivity index (χ0v) is 13.7. The van der Waals surface area contributed by atoms with E-state index in [4.69, 9.17) is 9.78 Å². The molecule has 24 heavy (non-hydrogen) atoms. The maximum absolute atomic E-state index is 12.3. The summed E-state index contributed by atoms with van der Waals surface area (Å²) in [4.78, 5) is 14.6. The number of anilines is 1. The molecule has 0 aliphatic carbocycles. The molecular weight excluding hydrogens is 304 g/mol. The number of nitrogens with one attached hydrogen (secondary N) is 1. The summed E-state index contributed by atoms with van der Waals surface area (Å²) < 4.78 is 4.96. The molecule has 3 rings (SSSR count). The molecule has 2 aromatic rings. The second kappa shape index (κ2) is 7.28. The van der Waals surface area contributed by atoms with Crippen LogP contribution in [-0.4, -0.2) is 29.1 Å². The third kappa shape index (κ3) is 3.81. The molecule has 1 aliphatic rings. The Bertz CT molecular complexity index is 754. The predicted octanol–water partition coefficient (Wildman–Crippen LogP) is 2.71. The molecule has 6 heteroatoms. The Labute approximate surface area is 141 Å². The van der Waals surface area contributed by atoms with Crippen LogP contribution in [0.5, 0.6) is 0 Å². The first-order valence-corrected chi connectivity index (χ1v) is 8.10. The van der Waals surface area contributed by atoms with Gasteiger partial charge in [0.2, 0.25) is 5.91 Å². The minimum absolute atomic E-state index is 0.000347. The second-order valence-electron chi connectivity index (χ2n) is 6.13. The fourth-order valence-corrected chi connectivity index (χ4v) is 3.02. The van der Waals surface area contributed by atoms with Crippen molar-refractivity contribution in [1.29, 1.82) is 5.26 Å². The number of nitrogens with zero attached hydrogens (tertiary/aromatic N) is 3. The molecule has 0 unspecified atom stereocenters. The summed E-state index contributed by atoms with van der Waals surface area (Å²) in [6, 6.07) is 11.6. The van der Waals surface area contributed by atoms with Gasteiger partial charge in [-0.3, -0.25) is 9.69 Å². The zero-order chi connectivity index (χ0) is 16.9. The summed E-state index contributed by atoms with van der Waals surface area (Å²) in [6.45, 7) is 4.23. The van der Waals surface area contributed by atoms with Crippen LogP contribution in [0.25, 0.3) is 0 Å². The van der Waals surface area contributed by atoms with Gasteiger partial charge in [0.15, 0.2) is 5.82 Å². The molecule has 0 bridgehead atoms.